The van der Waals surface area contributed by atoms with Crippen LogP contribution in [0, 0.1) is 0 Å². The first-order valence-corrected chi connectivity index (χ1v) is 5.90. The van der Waals surface area contributed by atoms with Gasteiger partial charge in [0.15, 0.2) is 0 Å². The van der Waals surface area contributed by atoms with Gasteiger partial charge in [0, 0.05) is 29.4 Å². The molecule has 0 aliphatic rings. The molecule has 2 unspecified atom stereocenters. The normalized spacial score (nSPS) is 15.4. The molecule has 14 heavy (non-hydrogen) atoms. The Morgan fingerprint density at radius 1 is 1.57 bits per heavy atom. The van der Waals surface area contributed by atoms with Crippen molar-refractivity contribution >= 4 is 11.8 Å². The number of nitrogens with zero attached hydrogens (tertiary/aromatic N) is 2. The molecular formula is C10H19N3S. The first-order valence-electron chi connectivity index (χ1n) is 5.02. The van der Waals surface area contributed by atoms with Gasteiger partial charge in [-0.3, -0.25) is 4.68 Å². The smallest absolute Gasteiger partial charge is 0.0625 e. The molecule has 1 heterocycles. The first kappa shape index (κ1) is 11.6. The summed E-state index contributed by atoms with van der Waals surface area (Å²) < 4.78 is 1.84. The van der Waals surface area contributed by atoms with Gasteiger partial charge in [0.2, 0.25) is 0 Å². The molecule has 1 aromatic heterocycles. The van der Waals surface area contributed by atoms with E-state index in [-0.39, 0.29) is 0 Å². The largest absolute Gasteiger partial charge is 0.313 e. The Bertz CT molecular complexity index is 272. The Kier molecular flexibility index (Phi) is 4.48. The highest BCUT2D eigenvalue weighted by molar-refractivity contribution is 8.00. The first-order chi connectivity index (χ1) is 6.63. The number of rotatable bonds is 5. The quantitative estimate of drug-likeness (QED) is 0.758. The van der Waals surface area contributed by atoms with E-state index >= 15 is 0 Å². The van der Waals surface area contributed by atoms with Crippen molar-refractivity contribution in [2.24, 2.45) is 7.05 Å². The Labute approximate surface area is 90.3 Å². The minimum atomic E-state index is 0.533. The van der Waals surface area contributed by atoms with Crippen LogP contribution in [0.4, 0.5) is 0 Å². The van der Waals surface area contributed by atoms with Crippen molar-refractivity contribution in [1.82, 2.24) is 15.1 Å². The topological polar surface area (TPSA) is 29.9 Å². The Morgan fingerprint density at radius 2 is 2.29 bits per heavy atom. The summed E-state index contributed by atoms with van der Waals surface area (Å²) in [6.45, 7) is 7.62. The second-order valence-corrected chi connectivity index (χ2v) is 4.97. The van der Waals surface area contributed by atoms with Gasteiger partial charge in [-0.25, -0.2) is 0 Å². The third-order valence-corrected chi connectivity index (χ3v) is 3.50. The molecule has 4 heteroatoms. The molecule has 0 radical (unpaired) electrons. The van der Waals surface area contributed by atoms with E-state index in [1.807, 2.05) is 29.7 Å². The molecule has 0 fully saturated rings. The molecular weight excluding hydrogens is 194 g/mol. The summed E-state index contributed by atoms with van der Waals surface area (Å²) in [6, 6.07) is 0.533. The van der Waals surface area contributed by atoms with Crippen molar-refractivity contribution < 1.29 is 0 Å². The predicted octanol–water partition coefficient (Wildman–Crippen LogP) is 1.90. The number of aryl methyl sites for hydroxylation is 1. The summed E-state index contributed by atoms with van der Waals surface area (Å²) in [4.78, 5) is 1.24. The third-order valence-electron chi connectivity index (χ3n) is 2.23. The molecule has 2 atom stereocenters. The van der Waals surface area contributed by atoms with Gasteiger partial charge < -0.3 is 5.32 Å². The highest BCUT2D eigenvalue weighted by Gasteiger charge is 2.12. The third kappa shape index (κ3) is 3.35. The predicted molar refractivity (Wildman–Crippen MR) is 61.7 cm³/mol. The number of thioether (sulfide) groups is 1. The molecule has 0 spiro atoms. The second kappa shape index (κ2) is 5.41. The zero-order valence-electron chi connectivity index (χ0n) is 9.32. The van der Waals surface area contributed by atoms with E-state index in [0.717, 1.165) is 6.54 Å². The van der Waals surface area contributed by atoms with Gasteiger partial charge in [-0.2, -0.15) is 5.10 Å². The van der Waals surface area contributed by atoms with Crippen LogP contribution in [-0.4, -0.2) is 27.6 Å². The van der Waals surface area contributed by atoms with Crippen molar-refractivity contribution in [3.8, 4) is 0 Å². The van der Waals surface area contributed by atoms with Crippen LogP contribution >= 0.6 is 11.8 Å². The van der Waals surface area contributed by atoms with E-state index in [0.29, 0.717) is 11.3 Å². The number of hydrogen-bond donors (Lipinski definition) is 1. The Balaban J connectivity index is 2.43. The highest BCUT2D eigenvalue weighted by Crippen LogP contribution is 2.24. The SMILES string of the molecule is CCNC(C)C(C)Sc1cnn(C)c1. The average molecular weight is 213 g/mol. The fourth-order valence-electron chi connectivity index (χ4n) is 1.26. The Morgan fingerprint density at radius 3 is 2.79 bits per heavy atom. The molecule has 1 aromatic rings. The summed E-state index contributed by atoms with van der Waals surface area (Å²) in [7, 11) is 1.95. The number of nitrogens with one attached hydrogen (secondary N) is 1. The van der Waals surface area contributed by atoms with Gasteiger partial charge in [0.1, 0.15) is 0 Å². The van der Waals surface area contributed by atoms with E-state index in [1.54, 1.807) is 0 Å². The van der Waals surface area contributed by atoms with E-state index in [1.165, 1.54) is 4.90 Å². The molecule has 0 saturated heterocycles. The van der Waals surface area contributed by atoms with Crippen molar-refractivity contribution in [1.29, 1.82) is 0 Å². The molecule has 0 aliphatic carbocycles. The van der Waals surface area contributed by atoms with Gasteiger partial charge in [0.25, 0.3) is 0 Å². The monoisotopic (exact) mass is 213 g/mol. The zero-order chi connectivity index (χ0) is 10.6. The molecule has 1 rings (SSSR count). The van der Waals surface area contributed by atoms with Gasteiger partial charge in [0.05, 0.1) is 6.20 Å². The lowest BCUT2D eigenvalue weighted by molar-refractivity contribution is 0.563. The van der Waals surface area contributed by atoms with E-state index in [2.05, 4.69) is 37.4 Å². The average Bonchev–Trinajstić information content (AvgIpc) is 2.51. The maximum absolute atomic E-state index is 4.15. The molecule has 0 saturated carbocycles. The highest BCUT2D eigenvalue weighted by atomic mass is 32.2. The van der Waals surface area contributed by atoms with Crippen LogP contribution in [0.2, 0.25) is 0 Å². The maximum atomic E-state index is 4.15. The van der Waals surface area contributed by atoms with Crippen LogP contribution in [-0.2, 0) is 7.05 Å². The molecule has 0 bridgehead atoms. The van der Waals surface area contributed by atoms with Crippen molar-refractivity contribution in [3.63, 3.8) is 0 Å². The summed E-state index contributed by atoms with van der Waals surface area (Å²) in [6.07, 6.45) is 3.97. The molecule has 0 aromatic carbocycles. The Hall–Kier alpha value is -0.480. The van der Waals surface area contributed by atoms with E-state index in [9.17, 15) is 0 Å². The minimum Gasteiger partial charge on any atom is -0.313 e. The lowest BCUT2D eigenvalue weighted by Crippen LogP contribution is -2.33. The van der Waals surface area contributed by atoms with Crippen molar-refractivity contribution in [2.75, 3.05) is 6.54 Å². The van der Waals surface area contributed by atoms with Crippen LogP contribution in [0.25, 0.3) is 0 Å². The van der Waals surface area contributed by atoms with E-state index in [4.69, 9.17) is 0 Å². The summed E-state index contributed by atoms with van der Waals surface area (Å²) in [5, 5.41) is 8.14. The lowest BCUT2D eigenvalue weighted by atomic mass is 10.2. The standard InChI is InChI=1S/C10H19N3S/c1-5-11-8(2)9(3)14-10-6-12-13(4)7-10/h6-9,11H,5H2,1-4H3. The van der Waals surface area contributed by atoms with Crippen LogP contribution in [0.5, 0.6) is 0 Å². The molecule has 80 valence electrons. The summed E-state index contributed by atoms with van der Waals surface area (Å²) in [5.41, 5.74) is 0. The zero-order valence-corrected chi connectivity index (χ0v) is 10.1. The second-order valence-electron chi connectivity index (χ2n) is 3.52. The fourth-order valence-corrected chi connectivity index (χ4v) is 2.32. The van der Waals surface area contributed by atoms with E-state index < -0.39 is 0 Å². The molecule has 0 aliphatic heterocycles. The number of aromatic nitrogens is 2. The van der Waals surface area contributed by atoms with Crippen LogP contribution < -0.4 is 5.32 Å². The molecule has 0 amide bonds. The van der Waals surface area contributed by atoms with Crippen molar-refractivity contribution in [2.45, 2.75) is 37.0 Å². The van der Waals surface area contributed by atoms with Gasteiger partial charge in [-0.05, 0) is 13.5 Å². The summed E-state index contributed by atoms with van der Waals surface area (Å²) in [5.74, 6) is 0. The van der Waals surface area contributed by atoms with Crippen LogP contribution in [0.3, 0.4) is 0 Å². The van der Waals surface area contributed by atoms with Crippen molar-refractivity contribution in [3.05, 3.63) is 12.4 Å². The molecule has 3 nitrogen and oxygen atoms in total. The van der Waals surface area contributed by atoms with Gasteiger partial charge in [-0.15, -0.1) is 11.8 Å². The van der Waals surface area contributed by atoms with Crippen LogP contribution in [0.15, 0.2) is 17.3 Å². The minimum absolute atomic E-state index is 0.533. The van der Waals surface area contributed by atoms with Gasteiger partial charge >= 0.3 is 0 Å². The number of hydrogen-bond acceptors (Lipinski definition) is 3. The molecule has 1 N–H and O–H groups in total. The van der Waals surface area contributed by atoms with Gasteiger partial charge in [-0.1, -0.05) is 13.8 Å². The lowest BCUT2D eigenvalue weighted by Gasteiger charge is -2.19. The summed E-state index contributed by atoms with van der Waals surface area (Å²) >= 11 is 1.87. The fraction of sp³-hybridized carbons (Fsp3) is 0.700. The van der Waals surface area contributed by atoms with Crippen LogP contribution in [0.1, 0.15) is 20.8 Å². The maximum Gasteiger partial charge on any atom is 0.0625 e.